The first-order valence-electron chi connectivity index (χ1n) is 6.00. The maximum absolute atomic E-state index is 11.0. The van der Waals surface area contributed by atoms with Gasteiger partial charge in [0.1, 0.15) is 0 Å². The number of carbonyl (C=O) groups is 1. The van der Waals surface area contributed by atoms with Crippen molar-refractivity contribution in [3.8, 4) is 0 Å². The fourth-order valence-electron chi connectivity index (χ4n) is 1.98. The van der Waals surface area contributed by atoms with E-state index >= 15 is 0 Å². The molecule has 1 aromatic rings. The Labute approximate surface area is 101 Å². The van der Waals surface area contributed by atoms with E-state index in [4.69, 9.17) is 5.73 Å². The number of nitrogens with zero attached hydrogens (tertiary/aromatic N) is 3. The third kappa shape index (κ3) is 2.79. The number of fused-ring (bicyclic) bond motifs is 1. The molecule has 1 aromatic heterocycles. The van der Waals surface area contributed by atoms with Crippen LogP contribution in [0.3, 0.4) is 0 Å². The Bertz CT molecular complexity index is 419. The van der Waals surface area contributed by atoms with Crippen molar-refractivity contribution in [2.24, 2.45) is 5.73 Å². The van der Waals surface area contributed by atoms with Gasteiger partial charge in [0.25, 0.3) is 5.91 Å². The van der Waals surface area contributed by atoms with E-state index < -0.39 is 5.91 Å². The van der Waals surface area contributed by atoms with Crippen LogP contribution in [0.2, 0.25) is 0 Å². The van der Waals surface area contributed by atoms with Crippen molar-refractivity contribution in [2.45, 2.75) is 32.7 Å². The SMILES string of the molecule is CCCCN1CCc2[c]nc(C(N)=O)nc2C1. The summed E-state index contributed by atoms with van der Waals surface area (Å²) in [4.78, 5) is 21.4. The number of primary amides is 1. The number of rotatable bonds is 4. The lowest BCUT2D eigenvalue weighted by atomic mass is 10.1. The highest BCUT2D eigenvalue weighted by Gasteiger charge is 2.19. The molecule has 0 atom stereocenters. The molecule has 2 rings (SSSR count). The Balaban J connectivity index is 2.12. The average molecular weight is 233 g/mol. The van der Waals surface area contributed by atoms with Gasteiger partial charge in [-0.25, -0.2) is 9.97 Å². The zero-order chi connectivity index (χ0) is 12.3. The topological polar surface area (TPSA) is 72.1 Å². The van der Waals surface area contributed by atoms with Gasteiger partial charge in [0.05, 0.1) is 11.9 Å². The van der Waals surface area contributed by atoms with Crippen molar-refractivity contribution in [2.75, 3.05) is 13.1 Å². The predicted molar refractivity (Wildman–Crippen MR) is 63.3 cm³/mol. The molecule has 0 fully saturated rings. The molecule has 5 nitrogen and oxygen atoms in total. The minimum absolute atomic E-state index is 0.0705. The van der Waals surface area contributed by atoms with E-state index in [0.717, 1.165) is 37.3 Å². The molecule has 1 aliphatic rings. The number of aromatic nitrogens is 2. The summed E-state index contributed by atoms with van der Waals surface area (Å²) in [6.45, 7) is 5.04. The lowest BCUT2D eigenvalue weighted by molar-refractivity contribution is 0.0989. The summed E-state index contributed by atoms with van der Waals surface area (Å²) in [5.41, 5.74) is 7.08. The normalized spacial score (nSPS) is 15.6. The van der Waals surface area contributed by atoms with Crippen LogP contribution in [0.1, 0.15) is 41.6 Å². The quantitative estimate of drug-likeness (QED) is 0.823. The van der Waals surface area contributed by atoms with Gasteiger partial charge in [-0.05, 0) is 19.4 Å². The Hall–Kier alpha value is -1.49. The average Bonchev–Trinajstić information content (AvgIpc) is 2.35. The number of hydrogen-bond acceptors (Lipinski definition) is 4. The second-order valence-electron chi connectivity index (χ2n) is 4.33. The summed E-state index contributed by atoms with van der Waals surface area (Å²) < 4.78 is 0. The van der Waals surface area contributed by atoms with E-state index in [-0.39, 0.29) is 5.82 Å². The van der Waals surface area contributed by atoms with Gasteiger partial charge in [-0.3, -0.25) is 9.69 Å². The predicted octanol–water partition coefficient (Wildman–Crippen LogP) is 0.534. The minimum atomic E-state index is -0.588. The van der Waals surface area contributed by atoms with Crippen molar-refractivity contribution >= 4 is 5.91 Å². The van der Waals surface area contributed by atoms with Crippen LogP contribution in [0.15, 0.2) is 0 Å². The lowest BCUT2D eigenvalue weighted by Gasteiger charge is -2.27. The van der Waals surface area contributed by atoms with Gasteiger partial charge < -0.3 is 5.73 Å². The van der Waals surface area contributed by atoms with Crippen molar-refractivity contribution < 1.29 is 4.79 Å². The van der Waals surface area contributed by atoms with Crippen LogP contribution in [-0.4, -0.2) is 33.9 Å². The summed E-state index contributed by atoms with van der Waals surface area (Å²) in [5, 5.41) is 0. The molecule has 91 valence electrons. The zero-order valence-corrected chi connectivity index (χ0v) is 10.1. The molecule has 2 heterocycles. The van der Waals surface area contributed by atoms with Crippen molar-refractivity contribution in [3.63, 3.8) is 0 Å². The molecule has 0 bridgehead atoms. The smallest absolute Gasteiger partial charge is 0.286 e. The highest BCUT2D eigenvalue weighted by atomic mass is 16.1. The van der Waals surface area contributed by atoms with Crippen LogP contribution in [0.4, 0.5) is 0 Å². The molecular formula is C12H17N4O. The summed E-state index contributed by atoms with van der Waals surface area (Å²) in [6.07, 6.45) is 6.15. The van der Waals surface area contributed by atoms with E-state index in [0.29, 0.717) is 0 Å². The fraction of sp³-hybridized carbons (Fsp3) is 0.583. The van der Waals surface area contributed by atoms with Crippen molar-refractivity contribution in [1.29, 1.82) is 0 Å². The molecule has 1 radical (unpaired) electrons. The molecule has 17 heavy (non-hydrogen) atoms. The Morgan fingerprint density at radius 2 is 2.41 bits per heavy atom. The monoisotopic (exact) mass is 233 g/mol. The molecule has 0 saturated carbocycles. The van der Waals surface area contributed by atoms with Gasteiger partial charge in [0.2, 0.25) is 5.82 Å². The second kappa shape index (κ2) is 5.23. The van der Waals surface area contributed by atoms with Gasteiger partial charge in [0, 0.05) is 18.7 Å². The number of amides is 1. The standard InChI is InChI=1S/C12H17N4O/c1-2-3-5-16-6-4-9-7-14-12(11(13)17)15-10(9)8-16/h2-6,8H2,1H3,(H2,13,17). The highest BCUT2D eigenvalue weighted by molar-refractivity contribution is 5.88. The van der Waals surface area contributed by atoms with Gasteiger partial charge in [-0.15, -0.1) is 0 Å². The summed E-state index contributed by atoms with van der Waals surface area (Å²) in [6, 6.07) is 0. The fourth-order valence-corrected chi connectivity index (χ4v) is 1.98. The van der Waals surface area contributed by atoms with Crippen molar-refractivity contribution in [1.82, 2.24) is 14.9 Å². The summed E-state index contributed by atoms with van der Waals surface area (Å²) in [7, 11) is 0. The molecule has 1 aliphatic heterocycles. The van der Waals surface area contributed by atoms with Gasteiger partial charge >= 0.3 is 0 Å². The van der Waals surface area contributed by atoms with Gasteiger partial charge in [-0.2, -0.15) is 0 Å². The van der Waals surface area contributed by atoms with E-state index in [1.165, 1.54) is 12.8 Å². The van der Waals surface area contributed by atoms with E-state index in [1.807, 2.05) is 0 Å². The number of hydrogen-bond donors (Lipinski definition) is 1. The second-order valence-corrected chi connectivity index (χ2v) is 4.33. The third-order valence-corrected chi connectivity index (χ3v) is 2.99. The molecule has 0 saturated heterocycles. The first kappa shape index (κ1) is 12.0. The lowest BCUT2D eigenvalue weighted by Crippen LogP contribution is -2.33. The summed E-state index contributed by atoms with van der Waals surface area (Å²) in [5.74, 6) is -0.518. The van der Waals surface area contributed by atoms with Crippen LogP contribution in [0.5, 0.6) is 0 Å². The third-order valence-electron chi connectivity index (χ3n) is 2.99. The van der Waals surface area contributed by atoms with Crippen LogP contribution in [0.25, 0.3) is 0 Å². The van der Waals surface area contributed by atoms with E-state index in [1.54, 1.807) is 0 Å². The minimum Gasteiger partial charge on any atom is -0.363 e. The van der Waals surface area contributed by atoms with Crippen LogP contribution >= 0.6 is 0 Å². The Morgan fingerprint density at radius 1 is 1.59 bits per heavy atom. The molecule has 0 aliphatic carbocycles. The van der Waals surface area contributed by atoms with Gasteiger partial charge in [0.15, 0.2) is 0 Å². The molecule has 0 aromatic carbocycles. The highest BCUT2D eigenvalue weighted by Crippen LogP contribution is 2.16. The molecule has 0 unspecified atom stereocenters. The van der Waals surface area contributed by atoms with Crippen LogP contribution < -0.4 is 5.73 Å². The number of unbranched alkanes of at least 4 members (excludes halogenated alkanes) is 1. The maximum Gasteiger partial charge on any atom is 0.286 e. The molecule has 2 N–H and O–H groups in total. The Morgan fingerprint density at radius 3 is 3.12 bits per heavy atom. The zero-order valence-electron chi connectivity index (χ0n) is 10.1. The molecule has 0 spiro atoms. The van der Waals surface area contributed by atoms with Gasteiger partial charge in [-0.1, -0.05) is 13.3 Å². The first-order chi connectivity index (χ1) is 8.20. The summed E-state index contributed by atoms with van der Waals surface area (Å²) >= 11 is 0. The maximum atomic E-state index is 11.0. The largest absolute Gasteiger partial charge is 0.363 e. The van der Waals surface area contributed by atoms with Crippen LogP contribution in [0, 0.1) is 6.20 Å². The van der Waals surface area contributed by atoms with Crippen LogP contribution in [-0.2, 0) is 13.0 Å². The first-order valence-corrected chi connectivity index (χ1v) is 6.00. The molecule has 5 heteroatoms. The molecular weight excluding hydrogens is 216 g/mol. The number of nitrogens with two attached hydrogens (primary N) is 1. The van der Waals surface area contributed by atoms with Crippen molar-refractivity contribution in [3.05, 3.63) is 23.3 Å². The Kier molecular flexibility index (Phi) is 3.68. The molecule has 1 amide bonds. The van der Waals surface area contributed by atoms with E-state index in [9.17, 15) is 4.79 Å². The van der Waals surface area contributed by atoms with E-state index in [2.05, 4.69) is 28.0 Å². The number of carbonyl (C=O) groups excluding carboxylic acids is 1.